The highest BCUT2D eigenvalue weighted by atomic mass is 35.5. The Morgan fingerprint density at radius 2 is 1.74 bits per heavy atom. The van der Waals surface area contributed by atoms with Crippen LogP contribution in [0.4, 0.5) is 5.69 Å². The van der Waals surface area contributed by atoms with E-state index in [1.165, 1.54) is 0 Å². The van der Waals surface area contributed by atoms with E-state index in [1.807, 2.05) is 36.4 Å². The SMILES string of the molecule is O=C(NC(=S)Nc1cc(C(=O)N2CCOCC2)ccc1Cl)c1cccc2ccccc12. The Balaban J connectivity index is 1.48. The van der Waals surface area contributed by atoms with E-state index in [-0.39, 0.29) is 16.9 Å². The summed E-state index contributed by atoms with van der Waals surface area (Å²) in [4.78, 5) is 27.2. The number of anilines is 1. The van der Waals surface area contributed by atoms with Gasteiger partial charge in [0.1, 0.15) is 0 Å². The molecule has 0 unspecified atom stereocenters. The summed E-state index contributed by atoms with van der Waals surface area (Å²) >= 11 is 11.6. The van der Waals surface area contributed by atoms with Crippen LogP contribution < -0.4 is 10.6 Å². The highest BCUT2D eigenvalue weighted by Crippen LogP contribution is 2.24. The van der Waals surface area contributed by atoms with E-state index in [4.69, 9.17) is 28.6 Å². The van der Waals surface area contributed by atoms with Crippen LogP contribution in [0.2, 0.25) is 5.02 Å². The molecule has 0 bridgehead atoms. The summed E-state index contributed by atoms with van der Waals surface area (Å²) in [5.74, 6) is -0.431. The van der Waals surface area contributed by atoms with Crippen LogP contribution in [0.25, 0.3) is 10.8 Å². The molecule has 1 saturated heterocycles. The number of thiocarbonyl (C=S) groups is 1. The highest BCUT2D eigenvalue weighted by molar-refractivity contribution is 7.80. The highest BCUT2D eigenvalue weighted by Gasteiger charge is 2.20. The molecule has 0 spiro atoms. The number of rotatable bonds is 3. The maximum atomic E-state index is 12.8. The average molecular weight is 454 g/mol. The standard InChI is InChI=1S/C23H20ClN3O3S/c24-19-9-8-16(22(29)27-10-12-30-13-11-27)14-20(19)25-23(31)26-21(28)18-7-3-5-15-4-1-2-6-17(15)18/h1-9,14H,10-13H2,(H2,25,26,28,31). The fourth-order valence-corrected chi connectivity index (χ4v) is 3.82. The molecular weight excluding hydrogens is 434 g/mol. The molecule has 3 aromatic rings. The molecule has 0 saturated carbocycles. The third-order valence-electron chi connectivity index (χ3n) is 5.02. The molecule has 31 heavy (non-hydrogen) atoms. The lowest BCUT2D eigenvalue weighted by molar-refractivity contribution is 0.0303. The van der Waals surface area contributed by atoms with Gasteiger partial charge < -0.3 is 15.0 Å². The van der Waals surface area contributed by atoms with Crippen LogP contribution >= 0.6 is 23.8 Å². The molecule has 1 aliphatic heterocycles. The zero-order valence-electron chi connectivity index (χ0n) is 16.6. The number of fused-ring (bicyclic) bond motifs is 1. The number of halogens is 1. The van der Waals surface area contributed by atoms with Crippen LogP contribution in [0.5, 0.6) is 0 Å². The van der Waals surface area contributed by atoms with E-state index >= 15 is 0 Å². The van der Waals surface area contributed by atoms with Crippen molar-refractivity contribution in [1.82, 2.24) is 10.2 Å². The molecule has 0 atom stereocenters. The zero-order chi connectivity index (χ0) is 21.8. The summed E-state index contributed by atoms with van der Waals surface area (Å²) in [6.07, 6.45) is 0. The lowest BCUT2D eigenvalue weighted by Crippen LogP contribution is -2.40. The first-order chi connectivity index (χ1) is 15.0. The molecule has 2 N–H and O–H groups in total. The number of carbonyl (C=O) groups is 2. The van der Waals surface area contributed by atoms with Crippen LogP contribution in [-0.2, 0) is 4.74 Å². The molecule has 158 valence electrons. The van der Waals surface area contributed by atoms with Crippen molar-refractivity contribution < 1.29 is 14.3 Å². The van der Waals surface area contributed by atoms with E-state index in [0.717, 1.165) is 10.8 Å². The molecule has 3 aromatic carbocycles. The summed E-state index contributed by atoms with van der Waals surface area (Å²) in [5, 5.41) is 7.90. The van der Waals surface area contributed by atoms with Crippen molar-refractivity contribution in [3.63, 3.8) is 0 Å². The van der Waals surface area contributed by atoms with Crippen molar-refractivity contribution >= 4 is 57.2 Å². The predicted octanol–water partition coefficient (Wildman–Crippen LogP) is 4.09. The van der Waals surface area contributed by atoms with Crippen molar-refractivity contribution in [1.29, 1.82) is 0 Å². The third-order valence-corrected chi connectivity index (χ3v) is 5.55. The average Bonchev–Trinajstić information content (AvgIpc) is 2.80. The molecule has 2 amide bonds. The number of nitrogens with one attached hydrogen (secondary N) is 2. The van der Waals surface area contributed by atoms with Gasteiger partial charge in [-0.05, 0) is 47.3 Å². The van der Waals surface area contributed by atoms with Gasteiger partial charge >= 0.3 is 0 Å². The first-order valence-corrected chi connectivity index (χ1v) is 10.6. The third kappa shape index (κ3) is 4.85. The molecule has 1 fully saturated rings. The molecule has 8 heteroatoms. The summed E-state index contributed by atoms with van der Waals surface area (Å²) in [5.41, 5.74) is 1.45. The second-order valence-electron chi connectivity index (χ2n) is 7.03. The minimum atomic E-state index is -0.328. The number of carbonyl (C=O) groups excluding carboxylic acids is 2. The van der Waals surface area contributed by atoms with Crippen LogP contribution in [0.15, 0.2) is 60.7 Å². The lowest BCUT2D eigenvalue weighted by Gasteiger charge is -2.27. The summed E-state index contributed by atoms with van der Waals surface area (Å²) in [7, 11) is 0. The summed E-state index contributed by atoms with van der Waals surface area (Å²) in [6, 6.07) is 18.1. The zero-order valence-corrected chi connectivity index (χ0v) is 18.1. The van der Waals surface area contributed by atoms with Gasteiger partial charge in [0.2, 0.25) is 0 Å². The Labute approximate surface area is 190 Å². The van der Waals surface area contributed by atoms with Crippen molar-refractivity contribution in [2.45, 2.75) is 0 Å². The van der Waals surface area contributed by atoms with Gasteiger partial charge in [-0.2, -0.15) is 0 Å². The number of ether oxygens (including phenoxy) is 1. The molecule has 0 aliphatic carbocycles. The Morgan fingerprint density at radius 1 is 1.00 bits per heavy atom. The topological polar surface area (TPSA) is 70.7 Å². The Kier molecular flexibility index (Phi) is 6.46. The molecule has 0 radical (unpaired) electrons. The first-order valence-electron chi connectivity index (χ1n) is 9.79. The Bertz CT molecular complexity index is 1160. The van der Waals surface area contributed by atoms with Gasteiger partial charge in [-0.25, -0.2) is 0 Å². The lowest BCUT2D eigenvalue weighted by atomic mass is 10.0. The number of morpholine rings is 1. The minimum absolute atomic E-state index is 0.0933. The maximum Gasteiger partial charge on any atom is 0.258 e. The first kappa shape index (κ1) is 21.2. The normalized spacial score (nSPS) is 13.6. The number of hydrogen-bond acceptors (Lipinski definition) is 4. The van der Waals surface area contributed by atoms with Gasteiger partial charge in [-0.1, -0.05) is 48.0 Å². The van der Waals surface area contributed by atoms with Crippen molar-refractivity contribution in [3.05, 3.63) is 76.8 Å². The Morgan fingerprint density at radius 3 is 2.55 bits per heavy atom. The van der Waals surface area contributed by atoms with Gasteiger partial charge in [-0.15, -0.1) is 0 Å². The van der Waals surface area contributed by atoms with E-state index < -0.39 is 0 Å². The van der Waals surface area contributed by atoms with Crippen molar-refractivity contribution in [2.24, 2.45) is 0 Å². The molecule has 4 rings (SSSR count). The van der Waals surface area contributed by atoms with Gasteiger partial charge in [0.05, 0.1) is 23.9 Å². The van der Waals surface area contributed by atoms with Crippen molar-refractivity contribution in [2.75, 3.05) is 31.6 Å². The number of amides is 2. The van der Waals surface area contributed by atoms with E-state index in [1.54, 1.807) is 29.2 Å². The quantitative estimate of drug-likeness (QED) is 0.584. The van der Waals surface area contributed by atoms with Gasteiger partial charge in [0.25, 0.3) is 11.8 Å². The summed E-state index contributed by atoms with van der Waals surface area (Å²) in [6.45, 7) is 2.14. The largest absolute Gasteiger partial charge is 0.378 e. The minimum Gasteiger partial charge on any atom is -0.378 e. The fourth-order valence-electron chi connectivity index (χ4n) is 3.45. The Hall–Kier alpha value is -3.00. The smallest absolute Gasteiger partial charge is 0.258 e. The second-order valence-corrected chi connectivity index (χ2v) is 7.85. The van der Waals surface area contributed by atoms with Crippen LogP contribution in [0, 0.1) is 0 Å². The summed E-state index contributed by atoms with van der Waals surface area (Å²) < 4.78 is 5.30. The number of benzene rings is 3. The fraction of sp³-hybridized carbons (Fsp3) is 0.174. The number of nitrogens with zero attached hydrogens (tertiary/aromatic N) is 1. The molecule has 1 aliphatic rings. The van der Waals surface area contributed by atoms with E-state index in [0.29, 0.717) is 48.1 Å². The van der Waals surface area contributed by atoms with Crippen LogP contribution in [-0.4, -0.2) is 48.1 Å². The molecule has 0 aromatic heterocycles. The van der Waals surface area contributed by atoms with Gasteiger partial charge in [0.15, 0.2) is 5.11 Å². The second kappa shape index (κ2) is 9.43. The molecule has 6 nitrogen and oxygen atoms in total. The van der Waals surface area contributed by atoms with Gasteiger partial charge in [0, 0.05) is 24.2 Å². The maximum absolute atomic E-state index is 12.8. The van der Waals surface area contributed by atoms with Crippen LogP contribution in [0.1, 0.15) is 20.7 Å². The van der Waals surface area contributed by atoms with Gasteiger partial charge in [-0.3, -0.25) is 14.9 Å². The molecule has 1 heterocycles. The van der Waals surface area contributed by atoms with E-state index in [2.05, 4.69) is 10.6 Å². The van der Waals surface area contributed by atoms with E-state index in [9.17, 15) is 9.59 Å². The monoisotopic (exact) mass is 453 g/mol. The number of hydrogen-bond donors (Lipinski definition) is 2. The predicted molar refractivity (Wildman–Crippen MR) is 126 cm³/mol. The van der Waals surface area contributed by atoms with Crippen molar-refractivity contribution in [3.8, 4) is 0 Å². The molecular formula is C23H20ClN3O3S. The van der Waals surface area contributed by atoms with Crippen LogP contribution in [0.3, 0.4) is 0 Å².